The summed E-state index contributed by atoms with van der Waals surface area (Å²) in [7, 11) is 0. The predicted octanol–water partition coefficient (Wildman–Crippen LogP) is 2.84. The molecule has 0 aliphatic carbocycles. The first-order chi connectivity index (χ1) is 8.99. The van der Waals surface area contributed by atoms with Gasteiger partial charge < -0.3 is 9.84 Å². The van der Waals surface area contributed by atoms with Crippen molar-refractivity contribution in [1.82, 2.24) is 0 Å². The van der Waals surface area contributed by atoms with Crippen molar-refractivity contribution >= 4 is 11.9 Å². The SMILES string of the molecule is C=C(CCCC#N)C(=O)OCCCC.C=CC(=O)O. The summed E-state index contributed by atoms with van der Waals surface area (Å²) in [5, 5.41) is 15.9. The van der Waals surface area contributed by atoms with Crippen LogP contribution in [0, 0.1) is 11.3 Å². The zero-order valence-corrected chi connectivity index (χ0v) is 11.4. The lowest BCUT2D eigenvalue weighted by atomic mass is 10.1. The fourth-order valence-electron chi connectivity index (χ4n) is 0.894. The molecule has 0 aliphatic rings. The second-order valence-corrected chi connectivity index (χ2v) is 3.65. The maximum absolute atomic E-state index is 11.2. The van der Waals surface area contributed by atoms with Gasteiger partial charge in [-0.05, 0) is 19.3 Å². The Morgan fingerprint density at radius 3 is 2.42 bits per heavy atom. The number of carbonyl (C=O) groups excluding carboxylic acids is 1. The highest BCUT2D eigenvalue weighted by Gasteiger charge is 2.07. The number of carboxylic acid groups (broad SMARTS) is 1. The highest BCUT2D eigenvalue weighted by molar-refractivity contribution is 5.87. The molecule has 0 aromatic heterocycles. The zero-order chi connectivity index (χ0) is 15.1. The van der Waals surface area contributed by atoms with Crippen molar-refractivity contribution in [2.24, 2.45) is 0 Å². The van der Waals surface area contributed by atoms with E-state index in [1.165, 1.54) is 0 Å². The van der Waals surface area contributed by atoms with E-state index in [1.807, 2.05) is 13.0 Å². The molecule has 0 unspecified atom stereocenters. The number of ether oxygens (including phenoxy) is 1. The number of hydrogen-bond acceptors (Lipinski definition) is 4. The third-order valence-electron chi connectivity index (χ3n) is 1.96. The number of unbranched alkanes of at least 4 members (excludes halogenated alkanes) is 2. The minimum atomic E-state index is -0.981. The molecule has 0 radical (unpaired) electrons. The van der Waals surface area contributed by atoms with E-state index in [2.05, 4.69) is 13.2 Å². The van der Waals surface area contributed by atoms with Crippen LogP contribution in [0.2, 0.25) is 0 Å². The van der Waals surface area contributed by atoms with Crippen molar-refractivity contribution in [1.29, 1.82) is 5.26 Å². The van der Waals surface area contributed by atoms with Crippen LogP contribution < -0.4 is 0 Å². The number of hydrogen-bond donors (Lipinski definition) is 1. The van der Waals surface area contributed by atoms with Crippen molar-refractivity contribution < 1.29 is 19.4 Å². The fourth-order valence-corrected chi connectivity index (χ4v) is 0.894. The van der Waals surface area contributed by atoms with Crippen LogP contribution in [-0.4, -0.2) is 23.7 Å². The minimum Gasteiger partial charge on any atom is -0.478 e. The van der Waals surface area contributed by atoms with Gasteiger partial charge in [0.15, 0.2) is 0 Å². The first-order valence-corrected chi connectivity index (χ1v) is 6.06. The van der Waals surface area contributed by atoms with E-state index in [1.54, 1.807) is 0 Å². The lowest BCUT2D eigenvalue weighted by Crippen LogP contribution is -2.08. The Bertz CT molecular complexity index is 342. The Labute approximate surface area is 114 Å². The van der Waals surface area contributed by atoms with Gasteiger partial charge in [0.05, 0.1) is 12.7 Å². The Hall–Kier alpha value is -2.09. The molecule has 5 nitrogen and oxygen atoms in total. The van der Waals surface area contributed by atoms with Crippen LogP contribution in [0.1, 0.15) is 39.0 Å². The molecular formula is C14H21NO4. The van der Waals surface area contributed by atoms with Gasteiger partial charge in [-0.3, -0.25) is 0 Å². The lowest BCUT2D eigenvalue weighted by molar-refractivity contribution is -0.139. The van der Waals surface area contributed by atoms with Gasteiger partial charge in [-0.15, -0.1) is 0 Å². The average Bonchev–Trinajstić information content (AvgIpc) is 2.39. The highest BCUT2D eigenvalue weighted by Crippen LogP contribution is 2.07. The Balaban J connectivity index is 0. The van der Waals surface area contributed by atoms with Crippen LogP contribution in [0.3, 0.4) is 0 Å². The largest absolute Gasteiger partial charge is 0.478 e. The van der Waals surface area contributed by atoms with Crippen LogP contribution in [0.15, 0.2) is 24.8 Å². The molecule has 0 fully saturated rings. The molecule has 0 atom stereocenters. The van der Waals surface area contributed by atoms with E-state index in [-0.39, 0.29) is 5.97 Å². The third kappa shape index (κ3) is 15.9. The molecule has 19 heavy (non-hydrogen) atoms. The van der Waals surface area contributed by atoms with Gasteiger partial charge in [-0.25, -0.2) is 9.59 Å². The maximum Gasteiger partial charge on any atom is 0.333 e. The first-order valence-electron chi connectivity index (χ1n) is 6.06. The van der Waals surface area contributed by atoms with Crippen molar-refractivity contribution in [2.45, 2.75) is 39.0 Å². The van der Waals surface area contributed by atoms with E-state index in [0.29, 0.717) is 31.4 Å². The maximum atomic E-state index is 11.2. The molecule has 0 bridgehead atoms. The molecule has 0 aromatic rings. The van der Waals surface area contributed by atoms with E-state index in [9.17, 15) is 9.59 Å². The topological polar surface area (TPSA) is 87.4 Å². The van der Waals surface area contributed by atoms with Crippen LogP contribution >= 0.6 is 0 Å². The second-order valence-electron chi connectivity index (χ2n) is 3.65. The second kappa shape index (κ2) is 14.0. The van der Waals surface area contributed by atoms with Gasteiger partial charge >= 0.3 is 11.9 Å². The molecule has 1 N–H and O–H groups in total. The number of nitrogens with zero attached hydrogens (tertiary/aromatic N) is 1. The van der Waals surface area contributed by atoms with Crippen molar-refractivity contribution in [3.63, 3.8) is 0 Å². The number of nitriles is 1. The summed E-state index contributed by atoms with van der Waals surface area (Å²) in [4.78, 5) is 20.5. The summed E-state index contributed by atoms with van der Waals surface area (Å²) in [6.07, 6.45) is 4.42. The molecular weight excluding hydrogens is 246 g/mol. The van der Waals surface area contributed by atoms with Gasteiger partial charge in [0.1, 0.15) is 0 Å². The summed E-state index contributed by atoms with van der Waals surface area (Å²) in [6.45, 7) is 9.08. The zero-order valence-electron chi connectivity index (χ0n) is 11.4. The summed E-state index contributed by atoms with van der Waals surface area (Å²) in [5.41, 5.74) is 0.469. The van der Waals surface area contributed by atoms with E-state index in [4.69, 9.17) is 15.1 Å². The van der Waals surface area contributed by atoms with E-state index >= 15 is 0 Å². The third-order valence-corrected chi connectivity index (χ3v) is 1.96. The number of carbonyl (C=O) groups is 2. The van der Waals surface area contributed by atoms with Crippen LogP contribution in [0.4, 0.5) is 0 Å². The number of esters is 1. The lowest BCUT2D eigenvalue weighted by Gasteiger charge is -2.05. The van der Waals surface area contributed by atoms with Gasteiger partial charge in [0, 0.05) is 18.1 Å². The van der Waals surface area contributed by atoms with Crippen molar-refractivity contribution in [3.05, 3.63) is 24.8 Å². The molecule has 106 valence electrons. The molecule has 0 rings (SSSR count). The summed E-state index contributed by atoms with van der Waals surface area (Å²) >= 11 is 0. The van der Waals surface area contributed by atoms with Crippen LogP contribution in [0.25, 0.3) is 0 Å². The smallest absolute Gasteiger partial charge is 0.333 e. The molecule has 0 heterocycles. The molecule has 0 saturated carbocycles. The average molecular weight is 267 g/mol. The monoisotopic (exact) mass is 267 g/mol. The normalized spacial score (nSPS) is 8.42. The Morgan fingerprint density at radius 1 is 1.42 bits per heavy atom. The molecule has 5 heteroatoms. The Kier molecular flexibility index (Phi) is 14.2. The highest BCUT2D eigenvalue weighted by atomic mass is 16.5. The van der Waals surface area contributed by atoms with E-state index < -0.39 is 5.97 Å². The molecule has 0 aliphatic heterocycles. The summed E-state index contributed by atoms with van der Waals surface area (Å²) in [5.74, 6) is -1.30. The fraction of sp³-hybridized carbons (Fsp3) is 0.500. The molecule has 0 saturated heterocycles. The number of carboxylic acids is 1. The van der Waals surface area contributed by atoms with Gasteiger partial charge in [0.2, 0.25) is 0 Å². The first kappa shape index (κ1) is 19.3. The number of aliphatic carboxylic acids is 1. The van der Waals surface area contributed by atoms with Gasteiger partial charge in [-0.1, -0.05) is 26.5 Å². The Morgan fingerprint density at radius 2 is 2.00 bits per heavy atom. The van der Waals surface area contributed by atoms with Gasteiger partial charge in [-0.2, -0.15) is 5.26 Å². The minimum absolute atomic E-state index is 0.323. The van der Waals surface area contributed by atoms with Crippen molar-refractivity contribution in [2.75, 3.05) is 6.61 Å². The standard InChI is InChI=1S/C11H17NO2.C3H4O2/c1-3-4-9-14-11(13)10(2)7-5-6-8-12;1-2-3(4)5/h2-7,9H2,1H3;2H,1H2,(H,4,5). The van der Waals surface area contributed by atoms with Crippen LogP contribution in [-0.2, 0) is 14.3 Å². The quantitative estimate of drug-likeness (QED) is 0.415. The predicted molar refractivity (Wildman–Crippen MR) is 72.3 cm³/mol. The molecule has 0 aromatic carbocycles. The molecule has 0 amide bonds. The van der Waals surface area contributed by atoms with E-state index in [0.717, 1.165) is 18.9 Å². The molecule has 0 spiro atoms. The number of rotatable bonds is 8. The summed E-state index contributed by atoms with van der Waals surface area (Å²) in [6, 6.07) is 2.02. The van der Waals surface area contributed by atoms with Gasteiger partial charge in [0.25, 0.3) is 0 Å². The van der Waals surface area contributed by atoms with Crippen molar-refractivity contribution in [3.8, 4) is 6.07 Å². The summed E-state index contributed by atoms with van der Waals surface area (Å²) < 4.78 is 4.95. The van der Waals surface area contributed by atoms with Crippen LogP contribution in [0.5, 0.6) is 0 Å².